The van der Waals surface area contributed by atoms with Crippen molar-refractivity contribution in [2.75, 3.05) is 36.9 Å². The number of nitrogens with one attached hydrogen (secondary N) is 3. The molecule has 9 nitrogen and oxygen atoms in total. The summed E-state index contributed by atoms with van der Waals surface area (Å²) in [4.78, 5) is 22.6. The van der Waals surface area contributed by atoms with Crippen LogP contribution in [0.3, 0.4) is 0 Å². The van der Waals surface area contributed by atoms with Crippen molar-refractivity contribution < 1.29 is 9.84 Å². The number of nitrogens with zero attached hydrogens (tertiary/aromatic N) is 3. The number of anilines is 2. The summed E-state index contributed by atoms with van der Waals surface area (Å²) in [6.45, 7) is 11.0. The van der Waals surface area contributed by atoms with E-state index in [9.17, 15) is 9.90 Å². The molecular weight excluding hydrogens is 444 g/mol. The largest absolute Gasteiger partial charge is 0.494 e. The molecule has 1 unspecified atom stereocenters. The van der Waals surface area contributed by atoms with E-state index in [-0.39, 0.29) is 36.3 Å². The lowest BCUT2D eigenvalue weighted by molar-refractivity contribution is 0.0685. The van der Waals surface area contributed by atoms with Crippen LogP contribution >= 0.6 is 0 Å². The summed E-state index contributed by atoms with van der Waals surface area (Å²) in [7, 11) is 0. The quantitative estimate of drug-likeness (QED) is 0.480. The number of piperidine rings is 1. The molecule has 9 heteroatoms. The summed E-state index contributed by atoms with van der Waals surface area (Å²) in [5, 5.41) is 20.7. The second-order valence-electron chi connectivity index (χ2n) is 10.3. The van der Waals surface area contributed by atoms with Gasteiger partial charge < -0.3 is 30.4 Å². The van der Waals surface area contributed by atoms with Crippen molar-refractivity contribution in [1.82, 2.24) is 14.9 Å². The summed E-state index contributed by atoms with van der Waals surface area (Å²) in [6, 6.07) is 3.74. The summed E-state index contributed by atoms with van der Waals surface area (Å²) >= 11 is 0. The van der Waals surface area contributed by atoms with Crippen LogP contribution in [0.1, 0.15) is 47.0 Å². The van der Waals surface area contributed by atoms with Crippen LogP contribution in [-0.2, 0) is 11.3 Å². The van der Waals surface area contributed by atoms with Crippen LogP contribution in [0.4, 0.5) is 11.6 Å². The third kappa shape index (κ3) is 6.21. The number of ether oxygens (including phenoxy) is 1. The fourth-order valence-electron chi connectivity index (χ4n) is 4.47. The molecule has 2 aliphatic rings. The van der Waals surface area contributed by atoms with Crippen molar-refractivity contribution in [3.05, 3.63) is 40.5 Å². The number of aliphatic hydroxyl groups excluding tert-OH is 1. The molecule has 0 bridgehead atoms. The SMILES string of the molecule is CCC1CN=C(Nc2cc3ccn(CCO)c(=O)c3c(NC(C)(C)C)n2)C=C1OC1CCNCC1. The zero-order valence-electron chi connectivity index (χ0n) is 21.2. The van der Waals surface area contributed by atoms with Crippen LogP contribution in [0.15, 0.2) is 40.0 Å². The standard InChI is InChI=1S/C26H38N6O3/c1-5-17-16-28-21(15-20(17)35-19-6-9-27-10-7-19)29-22-14-18-8-11-32(12-13-33)25(34)23(18)24(30-22)31-26(2,3)4/h8,11,14-15,17,19,27,33H,5-7,9-10,12-13,16H2,1-4H3,(H2,28,29,30,31). The molecule has 0 aromatic carbocycles. The van der Waals surface area contributed by atoms with Crippen molar-refractivity contribution in [3.63, 3.8) is 0 Å². The first kappa shape index (κ1) is 25.2. The monoisotopic (exact) mass is 482 g/mol. The van der Waals surface area contributed by atoms with Crippen LogP contribution in [0.2, 0.25) is 0 Å². The van der Waals surface area contributed by atoms with Gasteiger partial charge in [-0.2, -0.15) is 0 Å². The Morgan fingerprint density at radius 1 is 1.29 bits per heavy atom. The van der Waals surface area contributed by atoms with Gasteiger partial charge in [0.1, 0.15) is 29.3 Å². The summed E-state index contributed by atoms with van der Waals surface area (Å²) < 4.78 is 7.93. The van der Waals surface area contributed by atoms with E-state index in [4.69, 9.17) is 14.7 Å². The number of hydrogen-bond donors (Lipinski definition) is 4. The number of hydrogen-bond acceptors (Lipinski definition) is 8. The van der Waals surface area contributed by atoms with Gasteiger partial charge in [-0.1, -0.05) is 6.92 Å². The highest BCUT2D eigenvalue weighted by Crippen LogP contribution is 2.27. The topological polar surface area (TPSA) is 113 Å². The van der Waals surface area contributed by atoms with Crippen LogP contribution in [-0.4, -0.2) is 58.4 Å². The van der Waals surface area contributed by atoms with Gasteiger partial charge in [-0.3, -0.25) is 9.79 Å². The van der Waals surface area contributed by atoms with E-state index < -0.39 is 0 Å². The molecule has 0 radical (unpaired) electrons. The molecule has 0 spiro atoms. The molecular formula is C26H38N6O3. The Bertz CT molecular complexity index is 1160. The molecule has 35 heavy (non-hydrogen) atoms. The Morgan fingerprint density at radius 3 is 2.74 bits per heavy atom. The van der Waals surface area contributed by atoms with Crippen LogP contribution in [0.5, 0.6) is 0 Å². The summed E-state index contributed by atoms with van der Waals surface area (Å²) in [6.07, 6.45) is 6.94. The number of aliphatic hydroxyl groups is 1. The molecule has 2 aromatic rings. The zero-order chi connectivity index (χ0) is 25.0. The third-order valence-electron chi connectivity index (χ3n) is 6.29. The van der Waals surface area contributed by atoms with E-state index in [0.29, 0.717) is 29.4 Å². The molecule has 1 saturated heterocycles. The van der Waals surface area contributed by atoms with Crippen molar-refractivity contribution >= 4 is 28.2 Å². The maximum Gasteiger partial charge on any atom is 0.262 e. The minimum absolute atomic E-state index is 0.104. The average molecular weight is 483 g/mol. The Hall–Kier alpha value is -2.91. The smallest absolute Gasteiger partial charge is 0.262 e. The number of aromatic nitrogens is 2. The molecule has 2 aromatic heterocycles. The molecule has 0 amide bonds. The first-order valence-electron chi connectivity index (χ1n) is 12.6. The van der Waals surface area contributed by atoms with Crippen molar-refractivity contribution in [3.8, 4) is 0 Å². The molecule has 4 rings (SSSR count). The highest BCUT2D eigenvalue weighted by molar-refractivity contribution is 6.05. The predicted octanol–water partition coefficient (Wildman–Crippen LogP) is 3.10. The molecule has 1 fully saturated rings. The minimum atomic E-state index is -0.297. The van der Waals surface area contributed by atoms with Gasteiger partial charge in [0.25, 0.3) is 5.56 Å². The number of fused-ring (bicyclic) bond motifs is 1. The second kappa shape index (κ2) is 10.8. The van der Waals surface area contributed by atoms with Crippen LogP contribution in [0.25, 0.3) is 10.8 Å². The summed E-state index contributed by atoms with van der Waals surface area (Å²) in [5.41, 5.74) is -0.476. The highest BCUT2D eigenvalue weighted by atomic mass is 16.5. The van der Waals surface area contributed by atoms with Crippen molar-refractivity contribution in [2.24, 2.45) is 10.9 Å². The first-order valence-corrected chi connectivity index (χ1v) is 12.6. The lowest BCUT2D eigenvalue weighted by Gasteiger charge is -2.30. The molecule has 2 aliphatic heterocycles. The Kier molecular flexibility index (Phi) is 7.76. The van der Waals surface area contributed by atoms with E-state index in [1.54, 1.807) is 6.20 Å². The molecule has 190 valence electrons. The van der Waals surface area contributed by atoms with E-state index in [1.165, 1.54) is 4.57 Å². The Balaban J connectivity index is 1.65. The van der Waals surface area contributed by atoms with Gasteiger partial charge in [-0.05, 0) is 70.6 Å². The fraction of sp³-hybridized carbons (Fsp3) is 0.577. The van der Waals surface area contributed by atoms with E-state index >= 15 is 0 Å². The maximum absolute atomic E-state index is 13.1. The Labute approximate surface area is 206 Å². The zero-order valence-corrected chi connectivity index (χ0v) is 21.2. The van der Waals surface area contributed by atoms with Gasteiger partial charge in [-0.25, -0.2) is 4.98 Å². The Morgan fingerprint density at radius 2 is 2.06 bits per heavy atom. The van der Waals surface area contributed by atoms with Gasteiger partial charge in [0, 0.05) is 30.3 Å². The second-order valence-corrected chi connectivity index (χ2v) is 10.3. The summed E-state index contributed by atoms with van der Waals surface area (Å²) in [5.74, 6) is 3.09. The molecule has 4 N–H and O–H groups in total. The molecule has 0 aliphatic carbocycles. The van der Waals surface area contributed by atoms with Crippen molar-refractivity contribution in [1.29, 1.82) is 0 Å². The predicted molar refractivity (Wildman–Crippen MR) is 141 cm³/mol. The number of aliphatic imine (C=N–C) groups is 1. The van der Waals surface area contributed by atoms with Gasteiger partial charge >= 0.3 is 0 Å². The number of pyridine rings is 2. The van der Waals surface area contributed by atoms with Crippen LogP contribution < -0.4 is 21.5 Å². The molecule has 4 heterocycles. The fourth-order valence-corrected chi connectivity index (χ4v) is 4.47. The van der Waals surface area contributed by atoms with E-state index in [1.807, 2.05) is 39.0 Å². The first-order chi connectivity index (χ1) is 16.8. The lowest BCUT2D eigenvalue weighted by atomic mass is 10.0. The number of amidine groups is 1. The van der Waals surface area contributed by atoms with Crippen LogP contribution in [0, 0.1) is 5.92 Å². The molecule has 0 saturated carbocycles. The third-order valence-corrected chi connectivity index (χ3v) is 6.29. The molecule has 1 atom stereocenters. The minimum Gasteiger partial charge on any atom is -0.494 e. The van der Waals surface area contributed by atoms with E-state index in [2.05, 4.69) is 22.9 Å². The highest BCUT2D eigenvalue weighted by Gasteiger charge is 2.24. The van der Waals surface area contributed by atoms with Crippen molar-refractivity contribution in [2.45, 2.75) is 65.1 Å². The number of dihydropyridines is 1. The van der Waals surface area contributed by atoms with Gasteiger partial charge in [0.15, 0.2) is 0 Å². The number of rotatable bonds is 7. The van der Waals surface area contributed by atoms with Gasteiger partial charge in [-0.15, -0.1) is 0 Å². The maximum atomic E-state index is 13.1. The lowest BCUT2D eigenvalue weighted by Crippen LogP contribution is -2.34. The van der Waals surface area contributed by atoms with E-state index in [0.717, 1.165) is 43.5 Å². The average Bonchev–Trinajstić information content (AvgIpc) is 2.81. The van der Waals surface area contributed by atoms with Gasteiger partial charge in [0.2, 0.25) is 0 Å². The normalized spacial score (nSPS) is 19.3. The van der Waals surface area contributed by atoms with Gasteiger partial charge in [0.05, 0.1) is 18.5 Å².